The van der Waals surface area contributed by atoms with Crippen LogP contribution in [0.1, 0.15) is 33.3 Å². The zero-order valence-corrected chi connectivity index (χ0v) is 13.3. The van der Waals surface area contributed by atoms with Gasteiger partial charge in [-0.1, -0.05) is 37.6 Å². The third-order valence-corrected chi connectivity index (χ3v) is 4.36. The van der Waals surface area contributed by atoms with Crippen LogP contribution in [0.2, 0.25) is 0 Å². The van der Waals surface area contributed by atoms with Crippen LogP contribution in [0.4, 0.5) is 0 Å². The molecule has 0 aliphatic heterocycles. The Morgan fingerprint density at radius 3 is 2.48 bits per heavy atom. The third kappa shape index (κ3) is 3.66. The highest BCUT2D eigenvalue weighted by Gasteiger charge is 2.60. The summed E-state index contributed by atoms with van der Waals surface area (Å²) >= 11 is 0. The number of phenolic OH excluding ortho intramolecular Hbond substituents is 1. The SMILES string of the molecule is CC(C)=C[C@@H]1[C@@H](C(=O)NCCc2ccc(O)cc2)C1(C)C. The van der Waals surface area contributed by atoms with Gasteiger partial charge in [-0.3, -0.25) is 4.79 Å². The number of benzene rings is 1. The van der Waals surface area contributed by atoms with Gasteiger partial charge < -0.3 is 10.4 Å². The van der Waals surface area contributed by atoms with Crippen molar-refractivity contribution in [3.8, 4) is 5.75 Å². The average molecular weight is 287 g/mol. The summed E-state index contributed by atoms with van der Waals surface area (Å²) in [5.74, 6) is 0.872. The Hall–Kier alpha value is -1.77. The number of carbonyl (C=O) groups is 1. The van der Waals surface area contributed by atoms with Crippen LogP contribution in [0.25, 0.3) is 0 Å². The Morgan fingerprint density at radius 2 is 1.90 bits per heavy atom. The second kappa shape index (κ2) is 5.92. The van der Waals surface area contributed by atoms with Gasteiger partial charge in [-0.25, -0.2) is 0 Å². The number of carbonyl (C=O) groups excluding carboxylic acids is 1. The maximum absolute atomic E-state index is 12.3. The molecule has 0 heterocycles. The molecule has 1 fully saturated rings. The van der Waals surface area contributed by atoms with E-state index < -0.39 is 0 Å². The lowest BCUT2D eigenvalue weighted by Gasteiger charge is -2.06. The van der Waals surface area contributed by atoms with Gasteiger partial charge >= 0.3 is 0 Å². The van der Waals surface area contributed by atoms with Crippen molar-refractivity contribution in [2.45, 2.75) is 34.1 Å². The van der Waals surface area contributed by atoms with E-state index in [1.807, 2.05) is 12.1 Å². The van der Waals surface area contributed by atoms with Gasteiger partial charge in [-0.15, -0.1) is 0 Å². The summed E-state index contributed by atoms with van der Waals surface area (Å²) in [4.78, 5) is 12.3. The van der Waals surface area contributed by atoms with Gasteiger partial charge in [-0.05, 0) is 49.3 Å². The first kappa shape index (κ1) is 15.6. The maximum Gasteiger partial charge on any atom is 0.224 e. The standard InChI is InChI=1S/C18H25NO2/c1-12(2)11-15-16(18(15,3)4)17(21)19-10-9-13-5-7-14(20)8-6-13/h5-8,11,15-16,20H,9-10H2,1-4H3,(H,19,21)/t15-,16+/m1/s1. The van der Waals surface area contributed by atoms with E-state index in [0.29, 0.717) is 12.5 Å². The minimum absolute atomic E-state index is 0.0693. The molecule has 21 heavy (non-hydrogen) atoms. The number of allylic oxidation sites excluding steroid dienone is 2. The van der Waals surface area contributed by atoms with Crippen LogP contribution < -0.4 is 5.32 Å². The number of amides is 1. The van der Waals surface area contributed by atoms with E-state index in [0.717, 1.165) is 12.0 Å². The fourth-order valence-electron chi connectivity index (χ4n) is 2.95. The molecular formula is C18H25NO2. The highest BCUT2D eigenvalue weighted by Crippen LogP contribution is 2.59. The van der Waals surface area contributed by atoms with E-state index in [-0.39, 0.29) is 23.0 Å². The first-order valence-electron chi connectivity index (χ1n) is 7.53. The van der Waals surface area contributed by atoms with Crippen molar-refractivity contribution in [3.05, 3.63) is 41.5 Å². The molecule has 2 N–H and O–H groups in total. The molecule has 114 valence electrons. The van der Waals surface area contributed by atoms with E-state index in [2.05, 4.69) is 39.1 Å². The van der Waals surface area contributed by atoms with Crippen molar-refractivity contribution in [1.82, 2.24) is 5.32 Å². The number of hydrogen-bond donors (Lipinski definition) is 2. The van der Waals surface area contributed by atoms with Crippen LogP contribution in [0.5, 0.6) is 5.75 Å². The number of nitrogens with one attached hydrogen (secondary N) is 1. The van der Waals surface area contributed by atoms with Crippen molar-refractivity contribution >= 4 is 5.91 Å². The molecule has 0 spiro atoms. The molecule has 0 aromatic heterocycles. The molecule has 1 aromatic rings. The minimum Gasteiger partial charge on any atom is -0.508 e. The predicted molar refractivity (Wildman–Crippen MR) is 85.0 cm³/mol. The minimum atomic E-state index is 0.0693. The quantitative estimate of drug-likeness (QED) is 0.816. The first-order valence-corrected chi connectivity index (χ1v) is 7.53. The van der Waals surface area contributed by atoms with Gasteiger partial charge in [0.1, 0.15) is 5.75 Å². The number of rotatable bonds is 5. The Morgan fingerprint density at radius 1 is 1.29 bits per heavy atom. The Labute approximate surface area is 127 Å². The first-order chi connectivity index (χ1) is 9.82. The smallest absolute Gasteiger partial charge is 0.224 e. The van der Waals surface area contributed by atoms with Crippen LogP contribution in [0.3, 0.4) is 0 Å². The molecule has 3 nitrogen and oxygen atoms in total. The van der Waals surface area contributed by atoms with Gasteiger partial charge in [-0.2, -0.15) is 0 Å². The lowest BCUT2D eigenvalue weighted by Crippen LogP contribution is -2.28. The monoisotopic (exact) mass is 287 g/mol. The predicted octanol–water partition coefficient (Wildman–Crippen LogP) is 3.29. The van der Waals surface area contributed by atoms with Crippen LogP contribution in [0, 0.1) is 17.3 Å². The molecule has 0 bridgehead atoms. The summed E-state index contributed by atoms with van der Waals surface area (Å²) in [6.45, 7) is 9.10. The summed E-state index contributed by atoms with van der Waals surface area (Å²) in [7, 11) is 0. The number of hydrogen-bond acceptors (Lipinski definition) is 2. The molecule has 1 aromatic carbocycles. The maximum atomic E-state index is 12.3. The Bertz CT molecular complexity index is 539. The zero-order chi connectivity index (χ0) is 15.6. The van der Waals surface area contributed by atoms with Crippen molar-refractivity contribution in [3.63, 3.8) is 0 Å². The highest BCUT2D eigenvalue weighted by molar-refractivity contribution is 5.83. The van der Waals surface area contributed by atoms with Crippen molar-refractivity contribution in [1.29, 1.82) is 0 Å². The van der Waals surface area contributed by atoms with E-state index in [4.69, 9.17) is 0 Å². The summed E-state index contributed by atoms with van der Waals surface area (Å²) < 4.78 is 0. The number of phenols is 1. The summed E-state index contributed by atoms with van der Waals surface area (Å²) in [6.07, 6.45) is 3.00. The van der Waals surface area contributed by atoms with Crippen molar-refractivity contribution in [2.24, 2.45) is 17.3 Å². The lowest BCUT2D eigenvalue weighted by atomic mass is 10.1. The molecule has 1 aliphatic carbocycles. The molecule has 0 radical (unpaired) electrons. The number of aromatic hydroxyl groups is 1. The van der Waals surface area contributed by atoms with E-state index in [9.17, 15) is 9.90 Å². The summed E-state index contributed by atoms with van der Waals surface area (Å²) in [5, 5.41) is 12.3. The van der Waals surface area contributed by atoms with Crippen LogP contribution in [-0.2, 0) is 11.2 Å². The topological polar surface area (TPSA) is 49.3 Å². The zero-order valence-electron chi connectivity index (χ0n) is 13.3. The largest absolute Gasteiger partial charge is 0.508 e. The van der Waals surface area contributed by atoms with Gasteiger partial charge in [0, 0.05) is 6.54 Å². The van der Waals surface area contributed by atoms with Crippen molar-refractivity contribution < 1.29 is 9.90 Å². The molecule has 1 saturated carbocycles. The van der Waals surface area contributed by atoms with E-state index >= 15 is 0 Å². The molecule has 2 atom stereocenters. The van der Waals surface area contributed by atoms with Crippen molar-refractivity contribution in [2.75, 3.05) is 6.54 Å². The van der Waals surface area contributed by atoms with Gasteiger partial charge in [0.2, 0.25) is 5.91 Å². The Kier molecular flexibility index (Phi) is 4.40. The highest BCUT2D eigenvalue weighted by atomic mass is 16.3. The Balaban J connectivity index is 1.83. The molecule has 1 amide bonds. The van der Waals surface area contributed by atoms with Crippen LogP contribution in [0.15, 0.2) is 35.9 Å². The average Bonchev–Trinajstić information content (AvgIpc) is 2.92. The summed E-state index contributed by atoms with van der Waals surface area (Å²) in [6, 6.07) is 7.11. The second-order valence-corrected chi connectivity index (χ2v) is 6.78. The fourth-order valence-corrected chi connectivity index (χ4v) is 2.95. The van der Waals surface area contributed by atoms with Crippen LogP contribution >= 0.6 is 0 Å². The lowest BCUT2D eigenvalue weighted by molar-refractivity contribution is -0.123. The normalized spacial score (nSPS) is 22.5. The van der Waals surface area contributed by atoms with Gasteiger partial charge in [0.15, 0.2) is 0 Å². The molecular weight excluding hydrogens is 262 g/mol. The van der Waals surface area contributed by atoms with Crippen LogP contribution in [-0.4, -0.2) is 17.6 Å². The van der Waals surface area contributed by atoms with Gasteiger partial charge in [0.05, 0.1) is 5.92 Å². The molecule has 0 unspecified atom stereocenters. The second-order valence-electron chi connectivity index (χ2n) is 6.78. The molecule has 3 heteroatoms. The molecule has 0 saturated heterocycles. The summed E-state index contributed by atoms with van der Waals surface area (Å²) in [5.41, 5.74) is 2.45. The van der Waals surface area contributed by atoms with Gasteiger partial charge in [0.25, 0.3) is 0 Å². The third-order valence-electron chi connectivity index (χ3n) is 4.36. The molecule has 2 rings (SSSR count). The van der Waals surface area contributed by atoms with E-state index in [1.54, 1.807) is 12.1 Å². The molecule has 1 aliphatic rings. The fraction of sp³-hybridized carbons (Fsp3) is 0.500. The van der Waals surface area contributed by atoms with E-state index in [1.165, 1.54) is 5.57 Å².